The van der Waals surface area contributed by atoms with E-state index < -0.39 is 0 Å². The Morgan fingerprint density at radius 2 is 1.76 bits per heavy atom. The fourth-order valence-electron chi connectivity index (χ4n) is 5.64. The zero-order valence-corrected chi connectivity index (χ0v) is 22.2. The molecule has 2 aromatic carbocycles. The van der Waals surface area contributed by atoms with Crippen molar-refractivity contribution in [2.75, 3.05) is 32.8 Å². The zero-order valence-electron chi connectivity index (χ0n) is 22.2. The summed E-state index contributed by atoms with van der Waals surface area (Å²) in [7, 11) is 0. The molecule has 37 heavy (non-hydrogen) atoms. The van der Waals surface area contributed by atoms with Gasteiger partial charge in [0.05, 0.1) is 6.61 Å². The largest absolute Gasteiger partial charge is 0.466 e. The lowest BCUT2D eigenvalue weighted by Crippen LogP contribution is -2.34. The molecule has 6 heteroatoms. The zero-order chi connectivity index (χ0) is 26.0. The quantitative estimate of drug-likeness (QED) is 0.284. The lowest BCUT2D eigenvalue weighted by Gasteiger charge is -2.31. The maximum Gasteiger partial charge on any atom is 0.305 e. The van der Waals surface area contributed by atoms with E-state index in [0.29, 0.717) is 25.4 Å². The van der Waals surface area contributed by atoms with Crippen LogP contribution in [-0.4, -0.2) is 54.3 Å². The molecule has 0 aliphatic carbocycles. The number of Topliss-reactive ketones (excluding diaryl/α,β-unsaturated/α-hetero) is 1. The standard InChI is InChI=1S/C31H41FN2O3/c1-2-37-31(36)6-4-17-33-19-15-24(16-20-33)9-14-30(35)27-11-10-26-5-3-18-34(23-28(26)21-27)22-25-7-12-29(32)13-8-25/h7-8,10-13,21,24H,2-6,9,14-20,22-23H2,1H3. The molecule has 0 saturated carbocycles. The number of rotatable bonds is 11. The van der Waals surface area contributed by atoms with E-state index in [1.54, 1.807) is 0 Å². The molecule has 2 aromatic rings. The first-order chi connectivity index (χ1) is 18.0. The average Bonchev–Trinajstić information content (AvgIpc) is 3.10. The minimum absolute atomic E-state index is 0.103. The van der Waals surface area contributed by atoms with E-state index in [4.69, 9.17) is 4.74 Å². The van der Waals surface area contributed by atoms with Gasteiger partial charge in [-0.3, -0.25) is 14.5 Å². The van der Waals surface area contributed by atoms with Crippen LogP contribution in [0.4, 0.5) is 4.39 Å². The number of carbonyl (C=O) groups is 2. The number of halogens is 1. The first-order valence-electron chi connectivity index (χ1n) is 14.0. The fourth-order valence-corrected chi connectivity index (χ4v) is 5.64. The van der Waals surface area contributed by atoms with E-state index in [0.717, 1.165) is 88.9 Å². The van der Waals surface area contributed by atoms with E-state index in [1.807, 2.05) is 25.1 Å². The minimum atomic E-state index is -0.204. The predicted molar refractivity (Wildman–Crippen MR) is 144 cm³/mol. The van der Waals surface area contributed by atoms with Crippen LogP contribution in [0.5, 0.6) is 0 Å². The van der Waals surface area contributed by atoms with Crippen molar-refractivity contribution < 1.29 is 18.7 Å². The Hall–Kier alpha value is -2.57. The van der Waals surface area contributed by atoms with Gasteiger partial charge in [-0.15, -0.1) is 0 Å². The van der Waals surface area contributed by atoms with Gasteiger partial charge in [0.25, 0.3) is 0 Å². The Balaban J connectivity index is 1.23. The summed E-state index contributed by atoms with van der Waals surface area (Å²) in [6, 6.07) is 13.0. The lowest BCUT2D eigenvalue weighted by molar-refractivity contribution is -0.143. The molecule has 0 aromatic heterocycles. The Labute approximate surface area is 221 Å². The van der Waals surface area contributed by atoms with Crippen LogP contribution >= 0.6 is 0 Å². The van der Waals surface area contributed by atoms with Crippen molar-refractivity contribution in [3.8, 4) is 0 Å². The van der Waals surface area contributed by atoms with Gasteiger partial charge >= 0.3 is 5.97 Å². The third-order valence-corrected chi connectivity index (χ3v) is 7.81. The molecular weight excluding hydrogens is 467 g/mol. The topological polar surface area (TPSA) is 49.9 Å². The number of carbonyl (C=O) groups excluding carboxylic acids is 2. The van der Waals surface area contributed by atoms with Crippen LogP contribution in [-0.2, 0) is 29.0 Å². The number of nitrogens with zero attached hydrogens (tertiary/aromatic N) is 2. The summed E-state index contributed by atoms with van der Waals surface area (Å²) in [4.78, 5) is 29.4. The number of likely N-dealkylation sites (tertiary alicyclic amines) is 1. The summed E-state index contributed by atoms with van der Waals surface area (Å²) >= 11 is 0. The number of ketones is 1. The predicted octanol–water partition coefficient (Wildman–Crippen LogP) is 5.79. The maximum atomic E-state index is 13.3. The number of ether oxygens (including phenoxy) is 1. The number of aryl methyl sites for hydroxylation is 1. The van der Waals surface area contributed by atoms with Crippen LogP contribution in [0.1, 0.15) is 78.9 Å². The van der Waals surface area contributed by atoms with Crippen molar-refractivity contribution in [2.24, 2.45) is 5.92 Å². The van der Waals surface area contributed by atoms with Crippen LogP contribution < -0.4 is 0 Å². The van der Waals surface area contributed by atoms with E-state index in [2.05, 4.69) is 21.9 Å². The molecule has 4 rings (SSSR count). The highest BCUT2D eigenvalue weighted by Gasteiger charge is 2.21. The van der Waals surface area contributed by atoms with Crippen molar-refractivity contribution in [3.05, 3.63) is 70.5 Å². The molecule has 2 heterocycles. The Morgan fingerprint density at radius 3 is 2.51 bits per heavy atom. The molecule has 0 amide bonds. The molecular formula is C31H41FN2O3. The minimum Gasteiger partial charge on any atom is -0.466 e. The Morgan fingerprint density at radius 1 is 0.973 bits per heavy atom. The van der Waals surface area contributed by atoms with E-state index in [-0.39, 0.29) is 17.6 Å². The van der Waals surface area contributed by atoms with Crippen LogP contribution in [0.3, 0.4) is 0 Å². The van der Waals surface area contributed by atoms with Gasteiger partial charge in [0, 0.05) is 31.5 Å². The van der Waals surface area contributed by atoms with Crippen molar-refractivity contribution in [2.45, 2.75) is 71.4 Å². The van der Waals surface area contributed by atoms with Crippen molar-refractivity contribution in [1.82, 2.24) is 9.80 Å². The molecule has 0 radical (unpaired) electrons. The molecule has 0 N–H and O–H groups in total. The summed E-state index contributed by atoms with van der Waals surface area (Å²) in [6.45, 7) is 7.93. The second kappa shape index (κ2) is 13.8. The number of fused-ring (bicyclic) bond motifs is 1. The second-order valence-corrected chi connectivity index (χ2v) is 10.6. The Kier molecular flexibility index (Phi) is 10.3. The second-order valence-electron chi connectivity index (χ2n) is 10.6. The van der Waals surface area contributed by atoms with E-state index in [1.165, 1.54) is 23.3 Å². The van der Waals surface area contributed by atoms with Gasteiger partial charge in [-0.1, -0.05) is 24.3 Å². The number of hydrogen-bond donors (Lipinski definition) is 0. The molecule has 0 atom stereocenters. The highest BCUT2D eigenvalue weighted by molar-refractivity contribution is 5.96. The molecule has 1 fully saturated rings. The maximum absolute atomic E-state index is 13.3. The number of piperidine rings is 1. The third-order valence-electron chi connectivity index (χ3n) is 7.81. The summed E-state index contributed by atoms with van der Waals surface area (Å²) in [5.74, 6) is 0.533. The highest BCUT2D eigenvalue weighted by atomic mass is 19.1. The van der Waals surface area contributed by atoms with E-state index >= 15 is 0 Å². The number of benzene rings is 2. The SMILES string of the molecule is CCOC(=O)CCCN1CCC(CCC(=O)c2ccc3c(c2)CN(Cc2ccc(F)cc2)CCC3)CC1. The average molecular weight is 509 g/mol. The van der Waals surface area contributed by atoms with Crippen molar-refractivity contribution >= 4 is 11.8 Å². The lowest BCUT2D eigenvalue weighted by atomic mass is 9.89. The highest BCUT2D eigenvalue weighted by Crippen LogP contribution is 2.25. The van der Waals surface area contributed by atoms with Gasteiger partial charge in [-0.05, 0) is 112 Å². The fraction of sp³-hybridized carbons (Fsp3) is 0.548. The normalized spacial score (nSPS) is 17.2. The monoisotopic (exact) mass is 508 g/mol. The van der Waals surface area contributed by atoms with Gasteiger partial charge in [0.15, 0.2) is 5.78 Å². The van der Waals surface area contributed by atoms with Gasteiger partial charge in [0.1, 0.15) is 5.82 Å². The van der Waals surface area contributed by atoms with Gasteiger partial charge in [-0.25, -0.2) is 4.39 Å². The third kappa shape index (κ3) is 8.47. The first kappa shape index (κ1) is 27.5. The molecule has 1 saturated heterocycles. The Bertz CT molecular complexity index is 1030. The molecule has 5 nitrogen and oxygen atoms in total. The number of hydrogen-bond acceptors (Lipinski definition) is 5. The summed E-state index contributed by atoms with van der Waals surface area (Å²) in [5.41, 5.74) is 4.54. The summed E-state index contributed by atoms with van der Waals surface area (Å²) < 4.78 is 18.3. The first-order valence-corrected chi connectivity index (χ1v) is 14.0. The van der Waals surface area contributed by atoms with Crippen molar-refractivity contribution in [3.63, 3.8) is 0 Å². The van der Waals surface area contributed by atoms with Crippen LogP contribution in [0.2, 0.25) is 0 Å². The van der Waals surface area contributed by atoms with Gasteiger partial charge in [-0.2, -0.15) is 0 Å². The molecule has 2 aliphatic heterocycles. The summed E-state index contributed by atoms with van der Waals surface area (Å²) in [5, 5.41) is 0. The molecule has 0 spiro atoms. The molecule has 0 bridgehead atoms. The summed E-state index contributed by atoms with van der Waals surface area (Å²) in [6.07, 6.45) is 7.25. The molecule has 2 aliphatic rings. The van der Waals surface area contributed by atoms with Crippen LogP contribution in [0.15, 0.2) is 42.5 Å². The number of esters is 1. The van der Waals surface area contributed by atoms with Gasteiger partial charge in [0.2, 0.25) is 0 Å². The smallest absolute Gasteiger partial charge is 0.305 e. The van der Waals surface area contributed by atoms with Crippen LogP contribution in [0.25, 0.3) is 0 Å². The van der Waals surface area contributed by atoms with E-state index in [9.17, 15) is 14.0 Å². The van der Waals surface area contributed by atoms with Gasteiger partial charge < -0.3 is 9.64 Å². The van der Waals surface area contributed by atoms with Crippen LogP contribution in [0, 0.1) is 11.7 Å². The molecule has 200 valence electrons. The molecule has 0 unspecified atom stereocenters. The van der Waals surface area contributed by atoms with Crippen molar-refractivity contribution in [1.29, 1.82) is 0 Å².